The molecule has 156 valence electrons. The van der Waals surface area contributed by atoms with Crippen LogP contribution in [0.4, 0.5) is 0 Å². The summed E-state index contributed by atoms with van der Waals surface area (Å²) >= 11 is 0. The zero-order valence-electron chi connectivity index (χ0n) is 18.3. The van der Waals surface area contributed by atoms with Gasteiger partial charge in [0.2, 0.25) is 0 Å². The van der Waals surface area contributed by atoms with E-state index in [1.807, 2.05) is 6.07 Å². The average Bonchev–Trinajstić information content (AvgIpc) is 2.93. The molecule has 1 aromatic rings. The molecule has 7 atom stereocenters. The summed E-state index contributed by atoms with van der Waals surface area (Å²) in [5.74, 6) is 2.97. The molecule has 5 rings (SSSR count). The van der Waals surface area contributed by atoms with Gasteiger partial charge in [0.1, 0.15) is 0 Å². The van der Waals surface area contributed by atoms with Crippen LogP contribution in [0.3, 0.4) is 0 Å². The van der Waals surface area contributed by atoms with E-state index < -0.39 is 5.60 Å². The number of Topliss-reactive ketones (excluding diaryl/α,β-unsaturated/α-hetero) is 1. The zero-order chi connectivity index (χ0) is 20.4. The second-order valence-corrected chi connectivity index (χ2v) is 11.3. The van der Waals surface area contributed by atoms with E-state index in [4.69, 9.17) is 0 Å². The van der Waals surface area contributed by atoms with Gasteiger partial charge in [-0.1, -0.05) is 44.2 Å². The summed E-state index contributed by atoms with van der Waals surface area (Å²) in [5, 5.41) is 11.1. The van der Waals surface area contributed by atoms with Gasteiger partial charge in [-0.05, 0) is 104 Å². The van der Waals surface area contributed by atoms with Crippen molar-refractivity contribution in [2.45, 2.75) is 77.7 Å². The molecule has 4 saturated carbocycles. The van der Waals surface area contributed by atoms with Crippen LogP contribution in [0.5, 0.6) is 0 Å². The summed E-state index contributed by atoms with van der Waals surface area (Å²) < 4.78 is 0. The molecule has 0 bridgehead atoms. The van der Waals surface area contributed by atoms with Gasteiger partial charge in [0.25, 0.3) is 0 Å². The number of carbonyl (C=O) groups excluding carboxylic acids is 1. The quantitative estimate of drug-likeness (QED) is 0.591. The molecule has 4 aliphatic rings. The predicted molar refractivity (Wildman–Crippen MR) is 117 cm³/mol. The highest BCUT2D eigenvalue weighted by Gasteiger charge is 2.63. The number of hydrogen-bond donors (Lipinski definition) is 1. The minimum atomic E-state index is -0.513. The number of ketones is 1. The Balaban J connectivity index is 1.46. The van der Waals surface area contributed by atoms with Crippen molar-refractivity contribution in [3.05, 3.63) is 41.5 Å². The highest BCUT2D eigenvalue weighted by atomic mass is 16.3. The van der Waals surface area contributed by atoms with Gasteiger partial charge in [-0.2, -0.15) is 0 Å². The number of carbonyl (C=O) groups is 1. The van der Waals surface area contributed by atoms with Crippen LogP contribution in [0.2, 0.25) is 0 Å². The Bertz CT molecular complexity index is 837. The van der Waals surface area contributed by atoms with E-state index in [1.165, 1.54) is 25.7 Å². The summed E-state index contributed by atoms with van der Waals surface area (Å²) in [7, 11) is 0. The first-order chi connectivity index (χ1) is 13.7. The summed E-state index contributed by atoms with van der Waals surface area (Å²) in [5.41, 5.74) is 1.98. The summed E-state index contributed by atoms with van der Waals surface area (Å²) in [6.45, 7) is 6.94. The third kappa shape index (κ3) is 2.81. The van der Waals surface area contributed by atoms with Gasteiger partial charge >= 0.3 is 0 Å². The van der Waals surface area contributed by atoms with Gasteiger partial charge in [-0.15, -0.1) is 0 Å². The Morgan fingerprint density at radius 3 is 2.45 bits per heavy atom. The fourth-order valence-electron chi connectivity index (χ4n) is 8.13. The summed E-state index contributed by atoms with van der Waals surface area (Å²) in [6, 6.07) is 10.3. The van der Waals surface area contributed by atoms with Crippen LogP contribution in [0.25, 0.3) is 6.08 Å². The maximum Gasteiger partial charge on any atom is 0.159 e. The molecule has 1 N–H and O–H groups in total. The van der Waals surface area contributed by atoms with Gasteiger partial charge in [-0.25, -0.2) is 0 Å². The number of fused-ring (bicyclic) bond motifs is 5. The van der Waals surface area contributed by atoms with Crippen LogP contribution in [-0.2, 0) is 4.79 Å². The highest BCUT2D eigenvalue weighted by molar-refractivity contribution is 6.00. The Hall–Kier alpha value is -1.41. The van der Waals surface area contributed by atoms with Crippen molar-refractivity contribution in [1.29, 1.82) is 0 Å². The van der Waals surface area contributed by atoms with E-state index in [2.05, 4.69) is 51.1 Å². The predicted octanol–water partition coefficient (Wildman–Crippen LogP) is 6.04. The van der Waals surface area contributed by atoms with Crippen molar-refractivity contribution in [3.63, 3.8) is 0 Å². The van der Waals surface area contributed by atoms with Gasteiger partial charge in [0, 0.05) is 6.42 Å². The first kappa shape index (κ1) is 19.5. The summed E-state index contributed by atoms with van der Waals surface area (Å²) in [6.07, 6.45) is 10.8. The Morgan fingerprint density at radius 1 is 0.966 bits per heavy atom. The number of allylic oxidation sites excluding steroid dienone is 1. The van der Waals surface area contributed by atoms with Gasteiger partial charge in [0.15, 0.2) is 5.78 Å². The second kappa shape index (κ2) is 6.54. The molecule has 2 heteroatoms. The monoisotopic (exact) mass is 392 g/mol. The van der Waals surface area contributed by atoms with Crippen molar-refractivity contribution >= 4 is 11.9 Å². The SMILES string of the molecule is CC12CC(=Cc3ccccc3)C(=O)C[C@@H]1CCC1C2CCC2(C)C1CC[C@]2(C)O. The molecular weight excluding hydrogens is 356 g/mol. The number of aliphatic hydroxyl groups is 1. The van der Waals surface area contributed by atoms with E-state index in [0.29, 0.717) is 23.5 Å². The van der Waals surface area contributed by atoms with Crippen molar-refractivity contribution in [2.75, 3.05) is 0 Å². The molecule has 29 heavy (non-hydrogen) atoms. The topological polar surface area (TPSA) is 37.3 Å². The van der Waals surface area contributed by atoms with Crippen molar-refractivity contribution in [3.8, 4) is 0 Å². The maximum absolute atomic E-state index is 13.0. The third-order valence-electron chi connectivity index (χ3n) is 10.1. The average molecular weight is 393 g/mol. The Labute approximate surface area is 175 Å². The lowest BCUT2D eigenvalue weighted by Crippen LogP contribution is -2.56. The zero-order valence-corrected chi connectivity index (χ0v) is 18.3. The lowest BCUT2D eigenvalue weighted by molar-refractivity contribution is -0.147. The largest absolute Gasteiger partial charge is 0.390 e. The Morgan fingerprint density at radius 2 is 1.69 bits per heavy atom. The Kier molecular flexibility index (Phi) is 4.41. The van der Waals surface area contributed by atoms with E-state index >= 15 is 0 Å². The lowest BCUT2D eigenvalue weighted by Gasteiger charge is -2.61. The molecular formula is C27H36O2. The fourth-order valence-corrected chi connectivity index (χ4v) is 8.13. The molecule has 2 nitrogen and oxygen atoms in total. The molecule has 0 aliphatic heterocycles. The first-order valence-corrected chi connectivity index (χ1v) is 11.8. The van der Waals surface area contributed by atoms with Gasteiger partial charge < -0.3 is 5.11 Å². The molecule has 0 radical (unpaired) electrons. The van der Waals surface area contributed by atoms with Crippen LogP contribution < -0.4 is 0 Å². The lowest BCUT2D eigenvalue weighted by atomic mass is 9.44. The van der Waals surface area contributed by atoms with Crippen LogP contribution >= 0.6 is 0 Å². The van der Waals surface area contributed by atoms with Crippen LogP contribution in [-0.4, -0.2) is 16.5 Å². The van der Waals surface area contributed by atoms with E-state index in [0.717, 1.165) is 42.7 Å². The number of hydrogen-bond acceptors (Lipinski definition) is 2. The molecule has 1 aromatic carbocycles. The molecule has 5 unspecified atom stereocenters. The normalized spacial score (nSPS) is 48.1. The number of rotatable bonds is 1. The molecule has 4 aliphatic carbocycles. The first-order valence-electron chi connectivity index (χ1n) is 11.8. The number of benzene rings is 1. The summed E-state index contributed by atoms with van der Waals surface area (Å²) in [4.78, 5) is 13.0. The molecule has 0 heterocycles. The molecule has 0 amide bonds. The van der Waals surface area contributed by atoms with E-state index in [-0.39, 0.29) is 10.8 Å². The second-order valence-electron chi connectivity index (χ2n) is 11.3. The standard InChI is InChI=1S/C27H36O2/c1-25-17-19(15-18-7-5-4-6-8-18)24(28)16-20(25)9-10-21-22(25)11-13-26(2)23(21)12-14-27(26,3)29/h4-8,15,20-23,29H,9-14,16-17H2,1-3H3/t20-,21?,22?,23?,25?,26?,27-/m0/s1. The highest BCUT2D eigenvalue weighted by Crippen LogP contribution is 2.68. The van der Waals surface area contributed by atoms with Crippen molar-refractivity contribution in [2.24, 2.45) is 34.5 Å². The molecule has 0 spiro atoms. The van der Waals surface area contributed by atoms with Crippen molar-refractivity contribution < 1.29 is 9.90 Å². The third-order valence-corrected chi connectivity index (χ3v) is 10.1. The van der Waals surface area contributed by atoms with Crippen molar-refractivity contribution in [1.82, 2.24) is 0 Å². The van der Waals surface area contributed by atoms with Crippen LogP contribution in [0.15, 0.2) is 35.9 Å². The molecule has 0 saturated heterocycles. The minimum absolute atomic E-state index is 0.0740. The molecule has 0 aromatic heterocycles. The maximum atomic E-state index is 13.0. The molecule has 4 fully saturated rings. The minimum Gasteiger partial charge on any atom is -0.390 e. The van der Waals surface area contributed by atoms with E-state index in [1.54, 1.807) is 0 Å². The smallest absolute Gasteiger partial charge is 0.159 e. The van der Waals surface area contributed by atoms with Crippen LogP contribution in [0.1, 0.15) is 77.7 Å². The van der Waals surface area contributed by atoms with E-state index in [9.17, 15) is 9.90 Å². The van der Waals surface area contributed by atoms with Crippen LogP contribution in [0, 0.1) is 34.5 Å². The van der Waals surface area contributed by atoms with Gasteiger partial charge in [0.05, 0.1) is 5.60 Å². The van der Waals surface area contributed by atoms with Gasteiger partial charge in [-0.3, -0.25) is 4.79 Å². The fraction of sp³-hybridized carbons (Fsp3) is 0.667.